The molecule has 0 unspecified atom stereocenters. The predicted molar refractivity (Wildman–Crippen MR) is 110 cm³/mol. The molecule has 0 radical (unpaired) electrons. The smallest absolute Gasteiger partial charge is 0.165 e. The summed E-state index contributed by atoms with van der Waals surface area (Å²) in [6.07, 6.45) is 0. The van der Waals surface area contributed by atoms with Gasteiger partial charge in [0.05, 0.1) is 19.2 Å². The molecule has 148 valence electrons. The normalized spacial score (nSPS) is 11.8. The second-order valence-electron chi connectivity index (χ2n) is 7.76. The zero-order valence-corrected chi connectivity index (χ0v) is 17.5. The predicted octanol–water partition coefficient (Wildman–Crippen LogP) is 4.29. The third-order valence-electron chi connectivity index (χ3n) is 4.45. The molecule has 3 rings (SSSR count). The average Bonchev–Trinajstić information content (AvgIpc) is 3.13. The topological polar surface area (TPSA) is 56.1 Å². The third-order valence-corrected chi connectivity index (χ3v) is 4.82. The summed E-state index contributed by atoms with van der Waals surface area (Å²) in [6, 6.07) is 16.0. The number of benzene rings is 2. The molecular weight excluding hydrogens is 374 g/mol. The Hall–Kier alpha value is -2.44. The van der Waals surface area contributed by atoms with Crippen LogP contribution < -0.4 is 4.74 Å². The Bertz CT molecular complexity index is 902. The van der Waals surface area contributed by atoms with E-state index in [1.165, 1.54) is 5.56 Å². The SMILES string of the molecule is COc1ccc(CN(Cc2ccccc2Cl)Cc2nnnn2C(C)(C)C)cc1. The van der Waals surface area contributed by atoms with E-state index >= 15 is 0 Å². The molecule has 3 aromatic rings. The minimum atomic E-state index is -0.186. The van der Waals surface area contributed by atoms with E-state index < -0.39 is 0 Å². The third kappa shape index (κ3) is 5.09. The fourth-order valence-electron chi connectivity index (χ4n) is 3.05. The van der Waals surface area contributed by atoms with E-state index in [-0.39, 0.29) is 5.54 Å². The number of ether oxygens (including phenoxy) is 1. The molecule has 0 atom stereocenters. The minimum Gasteiger partial charge on any atom is -0.497 e. The van der Waals surface area contributed by atoms with Gasteiger partial charge in [-0.25, -0.2) is 4.68 Å². The number of aromatic nitrogens is 4. The molecule has 0 saturated carbocycles. The fourth-order valence-corrected chi connectivity index (χ4v) is 3.25. The van der Waals surface area contributed by atoms with Crippen LogP contribution in [0.5, 0.6) is 5.75 Å². The van der Waals surface area contributed by atoms with Crippen LogP contribution in [0, 0.1) is 0 Å². The summed E-state index contributed by atoms with van der Waals surface area (Å²) >= 11 is 6.41. The molecule has 0 amide bonds. The van der Waals surface area contributed by atoms with Gasteiger partial charge in [-0.05, 0) is 60.5 Å². The fraction of sp³-hybridized carbons (Fsp3) is 0.381. The molecule has 28 heavy (non-hydrogen) atoms. The van der Waals surface area contributed by atoms with Crippen LogP contribution in [0.1, 0.15) is 37.7 Å². The maximum absolute atomic E-state index is 6.41. The number of rotatable bonds is 7. The average molecular weight is 400 g/mol. The number of halogens is 1. The summed E-state index contributed by atoms with van der Waals surface area (Å²) in [4.78, 5) is 2.29. The van der Waals surface area contributed by atoms with Crippen molar-refractivity contribution in [2.24, 2.45) is 0 Å². The molecule has 0 aliphatic carbocycles. The zero-order valence-electron chi connectivity index (χ0n) is 16.8. The first-order chi connectivity index (χ1) is 13.4. The van der Waals surface area contributed by atoms with Gasteiger partial charge in [-0.2, -0.15) is 0 Å². The second-order valence-corrected chi connectivity index (χ2v) is 8.17. The quantitative estimate of drug-likeness (QED) is 0.593. The molecule has 6 nitrogen and oxygen atoms in total. The van der Waals surface area contributed by atoms with Gasteiger partial charge in [0.25, 0.3) is 0 Å². The Morgan fingerprint density at radius 3 is 2.36 bits per heavy atom. The molecule has 2 aromatic carbocycles. The Labute approximate surface area is 171 Å². The summed E-state index contributed by atoms with van der Waals surface area (Å²) < 4.78 is 7.14. The van der Waals surface area contributed by atoms with Gasteiger partial charge in [0.1, 0.15) is 5.75 Å². The van der Waals surface area contributed by atoms with Crippen LogP contribution in [-0.4, -0.2) is 32.2 Å². The number of hydrogen-bond donors (Lipinski definition) is 0. The lowest BCUT2D eigenvalue weighted by molar-refractivity contribution is 0.224. The summed E-state index contributed by atoms with van der Waals surface area (Å²) in [5, 5.41) is 13.1. The summed E-state index contributed by atoms with van der Waals surface area (Å²) in [5.41, 5.74) is 2.07. The first-order valence-corrected chi connectivity index (χ1v) is 9.61. The van der Waals surface area contributed by atoms with Gasteiger partial charge in [0.2, 0.25) is 0 Å². The standard InChI is InChI=1S/C21H26ClN5O/c1-21(2,3)27-20(23-24-25-27)15-26(14-17-7-5-6-8-19(17)22)13-16-9-11-18(28-4)12-10-16/h5-12H,13-15H2,1-4H3. The van der Waals surface area contributed by atoms with Gasteiger partial charge in [0.15, 0.2) is 5.82 Å². The highest BCUT2D eigenvalue weighted by Crippen LogP contribution is 2.22. The van der Waals surface area contributed by atoms with Crippen molar-refractivity contribution in [3.05, 3.63) is 70.5 Å². The lowest BCUT2D eigenvalue weighted by Crippen LogP contribution is -2.30. The highest BCUT2D eigenvalue weighted by atomic mass is 35.5. The van der Waals surface area contributed by atoms with Crippen molar-refractivity contribution in [3.8, 4) is 5.75 Å². The first kappa shape index (κ1) is 20.3. The van der Waals surface area contributed by atoms with E-state index in [1.54, 1.807) is 7.11 Å². The Kier molecular flexibility index (Phi) is 6.31. The van der Waals surface area contributed by atoms with Crippen LogP contribution in [0.25, 0.3) is 0 Å². The molecule has 0 fully saturated rings. The minimum absolute atomic E-state index is 0.186. The Morgan fingerprint density at radius 1 is 1.00 bits per heavy atom. The molecule has 0 N–H and O–H groups in total. The molecule has 1 heterocycles. The maximum atomic E-state index is 6.41. The van der Waals surface area contributed by atoms with E-state index in [0.29, 0.717) is 13.1 Å². The lowest BCUT2D eigenvalue weighted by atomic mass is 10.1. The van der Waals surface area contributed by atoms with Gasteiger partial charge in [-0.1, -0.05) is 41.9 Å². The Morgan fingerprint density at radius 2 is 1.71 bits per heavy atom. The van der Waals surface area contributed by atoms with Crippen molar-refractivity contribution < 1.29 is 4.74 Å². The molecular formula is C21H26ClN5O. The van der Waals surface area contributed by atoms with Crippen molar-refractivity contribution >= 4 is 11.6 Å². The molecule has 1 aromatic heterocycles. The van der Waals surface area contributed by atoms with E-state index in [0.717, 1.165) is 28.7 Å². The zero-order chi connectivity index (χ0) is 20.1. The summed E-state index contributed by atoms with van der Waals surface area (Å²) in [6.45, 7) is 8.33. The van der Waals surface area contributed by atoms with E-state index in [4.69, 9.17) is 16.3 Å². The van der Waals surface area contributed by atoms with Crippen LogP contribution in [0.3, 0.4) is 0 Å². The molecule has 0 spiro atoms. The molecule has 0 aliphatic heterocycles. The van der Waals surface area contributed by atoms with Crippen LogP contribution in [0.15, 0.2) is 48.5 Å². The highest BCUT2D eigenvalue weighted by molar-refractivity contribution is 6.31. The maximum Gasteiger partial charge on any atom is 0.165 e. The summed E-state index contributed by atoms with van der Waals surface area (Å²) in [7, 11) is 1.67. The highest BCUT2D eigenvalue weighted by Gasteiger charge is 2.22. The van der Waals surface area contributed by atoms with Crippen molar-refractivity contribution in [1.29, 1.82) is 0 Å². The molecule has 0 saturated heterocycles. The van der Waals surface area contributed by atoms with Gasteiger partial charge < -0.3 is 4.74 Å². The van der Waals surface area contributed by atoms with Crippen LogP contribution >= 0.6 is 11.6 Å². The van der Waals surface area contributed by atoms with Crippen molar-refractivity contribution in [2.45, 2.75) is 45.9 Å². The lowest BCUT2D eigenvalue weighted by Gasteiger charge is -2.25. The van der Waals surface area contributed by atoms with E-state index in [1.807, 2.05) is 35.0 Å². The van der Waals surface area contributed by atoms with Crippen LogP contribution in [0.4, 0.5) is 0 Å². The molecule has 0 bridgehead atoms. The summed E-state index contributed by atoms with van der Waals surface area (Å²) in [5.74, 6) is 1.67. The van der Waals surface area contributed by atoms with Gasteiger partial charge in [-0.15, -0.1) is 5.10 Å². The second kappa shape index (κ2) is 8.71. The van der Waals surface area contributed by atoms with E-state index in [2.05, 4.69) is 59.4 Å². The van der Waals surface area contributed by atoms with Crippen molar-refractivity contribution in [2.75, 3.05) is 7.11 Å². The van der Waals surface area contributed by atoms with E-state index in [9.17, 15) is 0 Å². The van der Waals surface area contributed by atoms with Crippen molar-refractivity contribution in [1.82, 2.24) is 25.1 Å². The largest absolute Gasteiger partial charge is 0.497 e. The van der Waals surface area contributed by atoms with Crippen molar-refractivity contribution in [3.63, 3.8) is 0 Å². The molecule has 0 aliphatic rings. The number of tetrazole rings is 1. The van der Waals surface area contributed by atoms with Gasteiger partial charge >= 0.3 is 0 Å². The first-order valence-electron chi connectivity index (χ1n) is 9.23. The number of hydrogen-bond acceptors (Lipinski definition) is 5. The number of nitrogens with zero attached hydrogens (tertiary/aromatic N) is 5. The Balaban J connectivity index is 1.85. The number of methoxy groups -OCH3 is 1. The monoisotopic (exact) mass is 399 g/mol. The molecule has 7 heteroatoms. The van der Waals surface area contributed by atoms with Crippen LogP contribution in [-0.2, 0) is 25.2 Å². The van der Waals surface area contributed by atoms with Gasteiger partial charge in [-0.3, -0.25) is 4.90 Å². The van der Waals surface area contributed by atoms with Gasteiger partial charge in [0, 0.05) is 18.1 Å². The van der Waals surface area contributed by atoms with Crippen LogP contribution in [0.2, 0.25) is 5.02 Å².